The third kappa shape index (κ3) is 3.95. The highest BCUT2D eigenvalue weighted by atomic mass is 19.1. The molecule has 0 spiro atoms. The topological polar surface area (TPSA) is 33.2 Å². The van der Waals surface area contributed by atoms with Gasteiger partial charge in [-0.15, -0.1) is 0 Å². The Hall–Kier alpha value is -2.23. The molecule has 0 N–H and O–H groups in total. The van der Waals surface area contributed by atoms with Gasteiger partial charge in [0.1, 0.15) is 5.82 Å². The number of halogens is 1. The van der Waals surface area contributed by atoms with Crippen LogP contribution in [-0.2, 0) is 6.42 Å². The summed E-state index contributed by atoms with van der Waals surface area (Å²) in [5, 5.41) is 0. The second-order valence-electron chi connectivity index (χ2n) is 6.28. The van der Waals surface area contributed by atoms with E-state index in [0.29, 0.717) is 11.5 Å². The van der Waals surface area contributed by atoms with Crippen LogP contribution in [0.4, 0.5) is 4.39 Å². The zero-order valence-corrected chi connectivity index (χ0v) is 13.3. The molecule has 23 heavy (non-hydrogen) atoms. The lowest BCUT2D eigenvalue weighted by Gasteiger charge is -2.33. The molecule has 0 bridgehead atoms. The number of pyridine rings is 1. The summed E-state index contributed by atoms with van der Waals surface area (Å²) in [7, 11) is 0. The molecule has 0 saturated carbocycles. The second-order valence-corrected chi connectivity index (χ2v) is 6.28. The van der Waals surface area contributed by atoms with E-state index in [-0.39, 0.29) is 11.7 Å². The van der Waals surface area contributed by atoms with Crippen LogP contribution in [0.3, 0.4) is 0 Å². The standard InChI is InChI=1S/C19H21FN2O/c1-14-7-8-15(12-21-14)10-16-4-3-9-22(13-16)19(23)17-5-2-6-18(20)11-17/h2,5-8,11-12,16H,3-4,9-10,13H2,1H3. The number of hydrogen-bond acceptors (Lipinski definition) is 2. The first kappa shape index (κ1) is 15.7. The number of piperidine rings is 1. The van der Waals surface area contributed by atoms with E-state index in [9.17, 15) is 9.18 Å². The maximum atomic E-state index is 13.3. The molecule has 1 fully saturated rings. The van der Waals surface area contributed by atoms with Crippen molar-refractivity contribution in [1.29, 1.82) is 0 Å². The van der Waals surface area contributed by atoms with Crippen molar-refractivity contribution in [2.45, 2.75) is 26.2 Å². The summed E-state index contributed by atoms with van der Waals surface area (Å²) >= 11 is 0. The second kappa shape index (κ2) is 6.90. The van der Waals surface area contributed by atoms with Gasteiger partial charge in [-0.2, -0.15) is 0 Å². The molecule has 0 radical (unpaired) electrons. The summed E-state index contributed by atoms with van der Waals surface area (Å²) in [5.41, 5.74) is 2.66. The molecule has 1 unspecified atom stereocenters. The quantitative estimate of drug-likeness (QED) is 0.867. The highest BCUT2D eigenvalue weighted by Crippen LogP contribution is 2.22. The fourth-order valence-electron chi connectivity index (χ4n) is 3.17. The minimum atomic E-state index is -0.366. The lowest BCUT2D eigenvalue weighted by atomic mass is 9.91. The van der Waals surface area contributed by atoms with Crippen LogP contribution in [0.2, 0.25) is 0 Å². The molecular weight excluding hydrogens is 291 g/mol. The molecule has 1 amide bonds. The van der Waals surface area contributed by atoms with Crippen LogP contribution in [0, 0.1) is 18.7 Å². The van der Waals surface area contributed by atoms with Gasteiger partial charge in [0, 0.05) is 30.5 Å². The average molecular weight is 312 g/mol. The van der Waals surface area contributed by atoms with E-state index in [1.165, 1.54) is 17.7 Å². The molecule has 3 rings (SSSR count). The largest absolute Gasteiger partial charge is 0.338 e. The van der Waals surface area contributed by atoms with E-state index in [2.05, 4.69) is 11.1 Å². The van der Waals surface area contributed by atoms with Gasteiger partial charge < -0.3 is 4.90 Å². The van der Waals surface area contributed by atoms with Crippen LogP contribution in [-0.4, -0.2) is 28.9 Å². The number of benzene rings is 1. The summed E-state index contributed by atoms with van der Waals surface area (Å²) in [5.74, 6) is -0.00265. The van der Waals surface area contributed by atoms with E-state index in [4.69, 9.17) is 0 Å². The number of nitrogens with zero attached hydrogens (tertiary/aromatic N) is 2. The van der Waals surface area contributed by atoms with Crippen LogP contribution in [0.15, 0.2) is 42.6 Å². The van der Waals surface area contributed by atoms with E-state index >= 15 is 0 Å². The van der Waals surface area contributed by atoms with Crippen LogP contribution in [0.25, 0.3) is 0 Å². The Morgan fingerprint density at radius 2 is 2.22 bits per heavy atom. The molecule has 1 aromatic heterocycles. The van der Waals surface area contributed by atoms with Gasteiger partial charge in [-0.25, -0.2) is 4.39 Å². The molecule has 1 aromatic carbocycles. The summed E-state index contributed by atoms with van der Waals surface area (Å²) in [6.45, 7) is 3.45. The molecule has 1 atom stereocenters. The van der Waals surface area contributed by atoms with Gasteiger partial charge in [0.2, 0.25) is 0 Å². The van der Waals surface area contributed by atoms with E-state index < -0.39 is 0 Å². The van der Waals surface area contributed by atoms with Crippen molar-refractivity contribution < 1.29 is 9.18 Å². The first-order valence-corrected chi connectivity index (χ1v) is 8.08. The van der Waals surface area contributed by atoms with Gasteiger partial charge in [0.15, 0.2) is 0 Å². The molecule has 120 valence electrons. The highest BCUT2D eigenvalue weighted by molar-refractivity contribution is 5.94. The lowest BCUT2D eigenvalue weighted by Crippen LogP contribution is -2.40. The smallest absolute Gasteiger partial charge is 0.253 e. The van der Waals surface area contributed by atoms with Gasteiger partial charge in [-0.3, -0.25) is 9.78 Å². The van der Waals surface area contributed by atoms with Crippen molar-refractivity contribution in [3.8, 4) is 0 Å². The molecule has 2 heterocycles. The zero-order valence-electron chi connectivity index (χ0n) is 13.3. The van der Waals surface area contributed by atoms with Crippen LogP contribution in [0.5, 0.6) is 0 Å². The Morgan fingerprint density at radius 1 is 1.35 bits per heavy atom. The molecule has 1 saturated heterocycles. The number of carbonyl (C=O) groups is 1. The van der Waals surface area contributed by atoms with Crippen molar-refractivity contribution in [2.24, 2.45) is 5.92 Å². The Balaban J connectivity index is 1.66. The number of amides is 1. The van der Waals surface area contributed by atoms with Crippen molar-refractivity contribution in [3.05, 3.63) is 65.2 Å². The third-order valence-electron chi connectivity index (χ3n) is 4.37. The first-order valence-electron chi connectivity index (χ1n) is 8.08. The van der Waals surface area contributed by atoms with Crippen LogP contribution >= 0.6 is 0 Å². The summed E-state index contributed by atoms with van der Waals surface area (Å²) in [6, 6.07) is 10.1. The molecule has 4 heteroatoms. The maximum Gasteiger partial charge on any atom is 0.253 e. The third-order valence-corrected chi connectivity index (χ3v) is 4.37. The zero-order chi connectivity index (χ0) is 16.2. The maximum absolute atomic E-state index is 13.3. The van der Waals surface area contributed by atoms with Crippen molar-refractivity contribution >= 4 is 5.91 Å². The number of carbonyl (C=O) groups excluding carboxylic acids is 1. The predicted octanol–water partition coefficient (Wildman–Crippen LogP) is 3.62. The van der Waals surface area contributed by atoms with Gasteiger partial charge in [0.25, 0.3) is 5.91 Å². The highest BCUT2D eigenvalue weighted by Gasteiger charge is 2.24. The van der Waals surface area contributed by atoms with Crippen LogP contribution < -0.4 is 0 Å². The Labute approximate surface area is 136 Å². The van der Waals surface area contributed by atoms with Crippen molar-refractivity contribution in [2.75, 3.05) is 13.1 Å². The number of hydrogen-bond donors (Lipinski definition) is 0. The van der Waals surface area contributed by atoms with E-state index in [1.807, 2.05) is 24.1 Å². The van der Waals surface area contributed by atoms with Gasteiger partial charge >= 0.3 is 0 Å². The molecule has 1 aliphatic rings. The van der Waals surface area contributed by atoms with Crippen LogP contribution in [0.1, 0.15) is 34.5 Å². The van der Waals surface area contributed by atoms with Gasteiger partial charge in [-0.1, -0.05) is 12.1 Å². The predicted molar refractivity (Wildman–Crippen MR) is 87.7 cm³/mol. The first-order chi connectivity index (χ1) is 11.1. The molecule has 2 aromatic rings. The molecule has 3 nitrogen and oxygen atoms in total. The fraction of sp³-hybridized carbons (Fsp3) is 0.368. The fourth-order valence-corrected chi connectivity index (χ4v) is 3.17. The van der Waals surface area contributed by atoms with E-state index in [0.717, 1.165) is 38.0 Å². The molecular formula is C19H21FN2O. The number of aryl methyl sites for hydroxylation is 1. The Morgan fingerprint density at radius 3 is 2.96 bits per heavy atom. The van der Waals surface area contributed by atoms with Crippen molar-refractivity contribution in [1.82, 2.24) is 9.88 Å². The summed E-state index contributed by atoms with van der Waals surface area (Å²) < 4.78 is 13.3. The number of aromatic nitrogens is 1. The Kier molecular flexibility index (Phi) is 4.70. The molecule has 1 aliphatic heterocycles. The summed E-state index contributed by atoms with van der Waals surface area (Å²) in [6.07, 6.45) is 4.95. The van der Waals surface area contributed by atoms with E-state index in [1.54, 1.807) is 12.1 Å². The SMILES string of the molecule is Cc1ccc(CC2CCCN(C(=O)c3cccc(F)c3)C2)cn1. The average Bonchev–Trinajstić information content (AvgIpc) is 2.56. The molecule has 0 aliphatic carbocycles. The normalized spacial score (nSPS) is 18.0. The minimum Gasteiger partial charge on any atom is -0.338 e. The van der Waals surface area contributed by atoms with Gasteiger partial charge in [-0.05, 0) is 61.9 Å². The van der Waals surface area contributed by atoms with Gasteiger partial charge in [0.05, 0.1) is 0 Å². The number of likely N-dealkylation sites (tertiary alicyclic amines) is 1. The monoisotopic (exact) mass is 312 g/mol. The van der Waals surface area contributed by atoms with Crippen molar-refractivity contribution in [3.63, 3.8) is 0 Å². The lowest BCUT2D eigenvalue weighted by molar-refractivity contribution is 0.0673. The number of rotatable bonds is 3. The minimum absolute atomic E-state index is 0.0729. The summed E-state index contributed by atoms with van der Waals surface area (Å²) in [4.78, 5) is 18.7. The Bertz CT molecular complexity index is 684.